The van der Waals surface area contributed by atoms with Gasteiger partial charge in [0.15, 0.2) is 0 Å². The van der Waals surface area contributed by atoms with Gasteiger partial charge in [0.1, 0.15) is 5.75 Å². The Morgan fingerprint density at radius 3 is 2.52 bits per heavy atom. The van der Waals surface area contributed by atoms with Crippen LogP contribution in [0.4, 0.5) is 8.78 Å². The monoisotopic (exact) mass is 348 g/mol. The molecule has 0 bridgehead atoms. The lowest BCUT2D eigenvalue weighted by atomic mass is 9.85. The van der Waals surface area contributed by atoms with Crippen molar-refractivity contribution < 1.29 is 18.3 Å². The van der Waals surface area contributed by atoms with Crippen molar-refractivity contribution in [1.82, 2.24) is 5.32 Å². The number of carbonyl (C=O) groups is 1. The number of alkyl halides is 2. The summed E-state index contributed by atoms with van der Waals surface area (Å²) in [7, 11) is 0. The zero-order valence-electron chi connectivity index (χ0n) is 13.0. The lowest BCUT2D eigenvalue weighted by Crippen LogP contribution is -2.38. The predicted molar refractivity (Wildman–Crippen MR) is 86.8 cm³/mol. The molecule has 3 unspecified atom stereocenters. The summed E-state index contributed by atoms with van der Waals surface area (Å²) in [4.78, 5) is 12.2. The molecule has 1 saturated carbocycles. The van der Waals surface area contributed by atoms with Crippen molar-refractivity contribution in [3.8, 4) is 5.75 Å². The molecule has 1 fully saturated rings. The quantitative estimate of drug-likeness (QED) is 0.857. The first kappa shape index (κ1) is 19.6. The minimum Gasteiger partial charge on any atom is -0.435 e. The molecule has 0 spiro atoms. The summed E-state index contributed by atoms with van der Waals surface area (Å²) >= 11 is 0. The van der Waals surface area contributed by atoms with E-state index in [4.69, 9.17) is 5.73 Å². The van der Waals surface area contributed by atoms with Crippen LogP contribution in [0.3, 0.4) is 0 Å². The van der Waals surface area contributed by atoms with Crippen LogP contribution < -0.4 is 15.8 Å². The van der Waals surface area contributed by atoms with Crippen molar-refractivity contribution in [1.29, 1.82) is 0 Å². The Hall–Kier alpha value is -1.40. The molecule has 4 nitrogen and oxygen atoms in total. The van der Waals surface area contributed by atoms with E-state index >= 15 is 0 Å². The Labute approximate surface area is 141 Å². The van der Waals surface area contributed by atoms with Crippen LogP contribution in [0, 0.1) is 5.92 Å². The van der Waals surface area contributed by atoms with E-state index in [-0.39, 0.29) is 42.1 Å². The first-order chi connectivity index (χ1) is 10.5. The number of nitrogens with one attached hydrogen (secondary N) is 1. The lowest BCUT2D eigenvalue weighted by Gasteiger charge is -2.27. The average Bonchev–Trinajstić information content (AvgIpc) is 2.47. The highest BCUT2D eigenvalue weighted by atomic mass is 35.5. The Kier molecular flexibility index (Phi) is 7.72. The summed E-state index contributed by atoms with van der Waals surface area (Å²) in [6, 6.07) is 6.21. The number of halogens is 3. The van der Waals surface area contributed by atoms with Gasteiger partial charge in [-0.2, -0.15) is 8.78 Å². The van der Waals surface area contributed by atoms with Crippen LogP contribution in [0.15, 0.2) is 24.3 Å². The summed E-state index contributed by atoms with van der Waals surface area (Å²) in [5.74, 6) is 0.0822. The van der Waals surface area contributed by atoms with Gasteiger partial charge in [0.2, 0.25) is 5.91 Å². The summed E-state index contributed by atoms with van der Waals surface area (Å²) in [6.07, 6.45) is 3.55. The first-order valence-corrected chi connectivity index (χ1v) is 7.56. The summed E-state index contributed by atoms with van der Waals surface area (Å²) in [5, 5.41) is 2.96. The van der Waals surface area contributed by atoms with Crippen molar-refractivity contribution in [2.24, 2.45) is 11.7 Å². The second-order valence-electron chi connectivity index (χ2n) is 5.80. The molecule has 0 heterocycles. The number of amides is 1. The molecule has 0 aliphatic heterocycles. The van der Waals surface area contributed by atoms with Crippen LogP contribution in [0.25, 0.3) is 0 Å². The third-order valence-electron chi connectivity index (χ3n) is 4.05. The van der Waals surface area contributed by atoms with Gasteiger partial charge < -0.3 is 15.8 Å². The molecule has 2 rings (SSSR count). The fourth-order valence-electron chi connectivity index (χ4n) is 2.82. The van der Waals surface area contributed by atoms with Gasteiger partial charge in [-0.3, -0.25) is 4.79 Å². The summed E-state index contributed by atoms with van der Waals surface area (Å²) < 4.78 is 28.5. The maximum atomic E-state index is 12.2. The maximum Gasteiger partial charge on any atom is 0.387 e. The third kappa shape index (κ3) is 5.95. The van der Waals surface area contributed by atoms with Crippen LogP contribution in [0.2, 0.25) is 0 Å². The SMILES string of the molecule is CC(NC(=O)C1CCCC(N)C1)c1ccc(OC(F)F)cc1.Cl. The highest BCUT2D eigenvalue weighted by Gasteiger charge is 2.26. The molecule has 0 radical (unpaired) electrons. The second kappa shape index (κ2) is 9.03. The number of rotatable bonds is 5. The fraction of sp³-hybridized carbons (Fsp3) is 0.562. The minimum atomic E-state index is -2.83. The van der Waals surface area contributed by atoms with E-state index in [9.17, 15) is 13.6 Å². The van der Waals surface area contributed by atoms with Crippen molar-refractivity contribution >= 4 is 18.3 Å². The maximum absolute atomic E-state index is 12.2. The number of ether oxygens (including phenoxy) is 1. The van der Waals surface area contributed by atoms with E-state index in [1.807, 2.05) is 6.92 Å². The minimum absolute atomic E-state index is 0. The molecule has 0 aromatic heterocycles. The number of benzene rings is 1. The van der Waals surface area contributed by atoms with Crippen LogP contribution in [-0.4, -0.2) is 18.6 Å². The molecule has 7 heteroatoms. The van der Waals surface area contributed by atoms with Gasteiger partial charge in [0, 0.05) is 12.0 Å². The van der Waals surface area contributed by atoms with Gasteiger partial charge in [-0.05, 0) is 43.9 Å². The van der Waals surface area contributed by atoms with E-state index in [0.29, 0.717) is 0 Å². The zero-order valence-corrected chi connectivity index (χ0v) is 13.8. The van der Waals surface area contributed by atoms with Crippen molar-refractivity contribution in [2.45, 2.75) is 51.3 Å². The van der Waals surface area contributed by atoms with Crippen molar-refractivity contribution in [3.63, 3.8) is 0 Å². The van der Waals surface area contributed by atoms with Crippen LogP contribution in [0.1, 0.15) is 44.2 Å². The molecule has 3 atom stereocenters. The molecular formula is C16H23ClF2N2O2. The zero-order chi connectivity index (χ0) is 16.1. The molecular weight excluding hydrogens is 326 g/mol. The Morgan fingerprint density at radius 1 is 1.30 bits per heavy atom. The first-order valence-electron chi connectivity index (χ1n) is 7.56. The number of hydrogen-bond donors (Lipinski definition) is 2. The molecule has 130 valence electrons. The Morgan fingerprint density at radius 2 is 1.96 bits per heavy atom. The Bertz CT molecular complexity index is 499. The number of carbonyl (C=O) groups excluding carboxylic acids is 1. The van der Waals surface area contributed by atoms with E-state index < -0.39 is 6.61 Å². The van der Waals surface area contributed by atoms with E-state index in [0.717, 1.165) is 31.2 Å². The molecule has 0 saturated heterocycles. The molecule has 1 aliphatic carbocycles. The molecule has 1 aromatic rings. The van der Waals surface area contributed by atoms with Crippen LogP contribution in [0.5, 0.6) is 5.75 Å². The van der Waals surface area contributed by atoms with Gasteiger partial charge in [-0.25, -0.2) is 0 Å². The number of nitrogens with two attached hydrogens (primary N) is 1. The smallest absolute Gasteiger partial charge is 0.387 e. The van der Waals surface area contributed by atoms with E-state index in [1.54, 1.807) is 12.1 Å². The highest BCUT2D eigenvalue weighted by molar-refractivity contribution is 5.85. The summed E-state index contributed by atoms with van der Waals surface area (Å²) in [6.45, 7) is -0.970. The molecule has 1 aromatic carbocycles. The van der Waals surface area contributed by atoms with E-state index in [2.05, 4.69) is 10.1 Å². The normalized spacial score (nSPS) is 22.1. The number of hydrogen-bond acceptors (Lipinski definition) is 3. The molecule has 23 heavy (non-hydrogen) atoms. The fourth-order valence-corrected chi connectivity index (χ4v) is 2.82. The van der Waals surface area contributed by atoms with E-state index in [1.165, 1.54) is 12.1 Å². The molecule has 1 amide bonds. The van der Waals surface area contributed by atoms with Crippen molar-refractivity contribution in [2.75, 3.05) is 0 Å². The summed E-state index contributed by atoms with van der Waals surface area (Å²) in [5.41, 5.74) is 6.75. The standard InChI is InChI=1S/C16H22F2N2O2.ClH/c1-10(11-5-7-14(8-6-11)22-16(17)18)20-15(21)12-3-2-4-13(19)9-12;/h5-8,10,12-13,16H,2-4,9,19H2,1H3,(H,20,21);1H. The third-order valence-corrected chi connectivity index (χ3v) is 4.05. The Balaban J connectivity index is 0.00000264. The van der Waals surface area contributed by atoms with Gasteiger partial charge in [0.25, 0.3) is 0 Å². The second-order valence-corrected chi connectivity index (χ2v) is 5.80. The van der Waals surface area contributed by atoms with Crippen LogP contribution >= 0.6 is 12.4 Å². The topological polar surface area (TPSA) is 64.4 Å². The highest BCUT2D eigenvalue weighted by Crippen LogP contribution is 2.25. The molecule has 3 N–H and O–H groups in total. The lowest BCUT2D eigenvalue weighted by molar-refractivity contribution is -0.126. The predicted octanol–water partition coefficient (Wildman–Crippen LogP) is 3.40. The van der Waals surface area contributed by atoms with Crippen molar-refractivity contribution in [3.05, 3.63) is 29.8 Å². The largest absolute Gasteiger partial charge is 0.435 e. The van der Waals surface area contributed by atoms with Gasteiger partial charge in [-0.15, -0.1) is 12.4 Å². The van der Waals surface area contributed by atoms with Gasteiger partial charge >= 0.3 is 6.61 Å². The van der Waals surface area contributed by atoms with Crippen LogP contribution in [-0.2, 0) is 4.79 Å². The van der Waals surface area contributed by atoms with Gasteiger partial charge in [0.05, 0.1) is 6.04 Å². The van der Waals surface area contributed by atoms with Gasteiger partial charge in [-0.1, -0.05) is 18.6 Å². The average molecular weight is 349 g/mol. The molecule has 1 aliphatic rings.